The number of ether oxygens (including phenoxy) is 1. The van der Waals surface area contributed by atoms with Crippen LogP contribution < -0.4 is 10.1 Å². The van der Waals surface area contributed by atoms with Crippen molar-refractivity contribution in [3.63, 3.8) is 0 Å². The van der Waals surface area contributed by atoms with Crippen LogP contribution in [-0.4, -0.2) is 19.2 Å². The highest BCUT2D eigenvalue weighted by atomic mass is 35.5. The molecule has 1 rings (SSSR count). The molecule has 0 aliphatic heterocycles. The van der Waals surface area contributed by atoms with E-state index in [-0.39, 0.29) is 0 Å². The predicted octanol–water partition coefficient (Wildman–Crippen LogP) is 4.15. The average Bonchev–Trinajstić information content (AvgIpc) is 2.25. The quantitative estimate of drug-likeness (QED) is 0.784. The van der Waals surface area contributed by atoms with Gasteiger partial charge in [-0.2, -0.15) is 0 Å². The van der Waals surface area contributed by atoms with Gasteiger partial charge in [0.05, 0.1) is 0 Å². The number of hydrogen-bond donors (Lipinski definition) is 1. The molecule has 0 unspecified atom stereocenters. The van der Waals surface area contributed by atoms with Crippen LogP contribution in [0.4, 0.5) is 0 Å². The van der Waals surface area contributed by atoms with Gasteiger partial charge < -0.3 is 10.1 Å². The van der Waals surface area contributed by atoms with Crippen LogP contribution in [0.5, 0.6) is 5.75 Å². The molecule has 1 aromatic carbocycles. The van der Waals surface area contributed by atoms with Crippen LogP contribution in [0.15, 0.2) is 12.1 Å². The molecule has 0 saturated carbocycles. The van der Waals surface area contributed by atoms with Gasteiger partial charge in [-0.25, -0.2) is 0 Å². The topological polar surface area (TPSA) is 21.3 Å². The van der Waals surface area contributed by atoms with E-state index in [9.17, 15) is 0 Å². The first kappa shape index (κ1) is 15.3. The van der Waals surface area contributed by atoms with E-state index in [0.717, 1.165) is 28.4 Å². The zero-order valence-corrected chi connectivity index (χ0v) is 12.8. The Labute approximate surface area is 116 Å². The van der Waals surface area contributed by atoms with Crippen LogP contribution in [0.1, 0.15) is 44.7 Å². The lowest BCUT2D eigenvalue weighted by molar-refractivity contribution is 0.306. The van der Waals surface area contributed by atoms with Gasteiger partial charge in [0.2, 0.25) is 0 Å². The summed E-state index contributed by atoms with van der Waals surface area (Å²) < 4.78 is 5.81. The van der Waals surface area contributed by atoms with Crippen molar-refractivity contribution in [2.45, 2.75) is 46.6 Å². The van der Waals surface area contributed by atoms with Gasteiger partial charge in [0.1, 0.15) is 12.4 Å². The molecule has 2 nitrogen and oxygen atoms in total. The summed E-state index contributed by atoms with van der Waals surface area (Å²) in [5.41, 5.74) is 2.24. The molecule has 3 heteroatoms. The van der Waals surface area contributed by atoms with Gasteiger partial charge in [-0.3, -0.25) is 0 Å². The van der Waals surface area contributed by atoms with E-state index in [4.69, 9.17) is 16.3 Å². The summed E-state index contributed by atoms with van der Waals surface area (Å²) in [6.07, 6.45) is 0. The number of aryl methyl sites for hydroxylation is 1. The van der Waals surface area contributed by atoms with E-state index in [1.165, 1.54) is 0 Å². The smallest absolute Gasteiger partial charge is 0.122 e. The SMILES string of the molecule is Cc1cc(Cl)c(C(C)C)cc1OCCNC(C)C. The molecular weight excluding hydrogens is 246 g/mol. The second-order valence-corrected chi connectivity index (χ2v) is 5.66. The van der Waals surface area contributed by atoms with Gasteiger partial charge >= 0.3 is 0 Å². The monoisotopic (exact) mass is 269 g/mol. The van der Waals surface area contributed by atoms with Crippen molar-refractivity contribution in [2.75, 3.05) is 13.2 Å². The summed E-state index contributed by atoms with van der Waals surface area (Å²) in [7, 11) is 0. The molecule has 0 saturated heterocycles. The number of halogens is 1. The first-order valence-electron chi connectivity index (χ1n) is 6.58. The van der Waals surface area contributed by atoms with Crippen LogP contribution in [-0.2, 0) is 0 Å². The molecular formula is C15H24ClNO. The second kappa shape index (κ2) is 7.01. The third-order valence-corrected chi connectivity index (χ3v) is 3.16. The van der Waals surface area contributed by atoms with Gasteiger partial charge in [-0.15, -0.1) is 0 Å². The summed E-state index contributed by atoms with van der Waals surface area (Å²) in [6.45, 7) is 12.1. The van der Waals surface area contributed by atoms with E-state index < -0.39 is 0 Å². The van der Waals surface area contributed by atoms with Gasteiger partial charge in [0.25, 0.3) is 0 Å². The Kier molecular flexibility index (Phi) is 5.97. The summed E-state index contributed by atoms with van der Waals surface area (Å²) in [5.74, 6) is 1.35. The molecule has 18 heavy (non-hydrogen) atoms. The molecule has 0 atom stereocenters. The summed E-state index contributed by atoms with van der Waals surface area (Å²) in [4.78, 5) is 0. The molecule has 1 aromatic rings. The van der Waals surface area contributed by atoms with Gasteiger partial charge in [-0.1, -0.05) is 39.3 Å². The minimum Gasteiger partial charge on any atom is -0.492 e. The number of hydrogen-bond acceptors (Lipinski definition) is 2. The minimum atomic E-state index is 0.411. The Morgan fingerprint density at radius 1 is 1.22 bits per heavy atom. The molecule has 0 aromatic heterocycles. The van der Waals surface area contributed by atoms with Crippen LogP contribution >= 0.6 is 11.6 Å². The van der Waals surface area contributed by atoms with E-state index in [1.807, 2.05) is 13.0 Å². The normalized spacial score (nSPS) is 11.3. The zero-order valence-electron chi connectivity index (χ0n) is 12.0. The second-order valence-electron chi connectivity index (χ2n) is 5.25. The van der Waals surface area contributed by atoms with Crippen molar-refractivity contribution < 1.29 is 4.74 Å². The van der Waals surface area contributed by atoms with Gasteiger partial charge in [0.15, 0.2) is 0 Å². The molecule has 0 heterocycles. The number of benzene rings is 1. The highest BCUT2D eigenvalue weighted by Gasteiger charge is 2.10. The third-order valence-electron chi connectivity index (χ3n) is 2.83. The maximum absolute atomic E-state index is 6.23. The van der Waals surface area contributed by atoms with E-state index in [0.29, 0.717) is 18.6 Å². The van der Waals surface area contributed by atoms with Crippen LogP contribution in [0.2, 0.25) is 5.02 Å². The first-order chi connectivity index (χ1) is 8.41. The fraction of sp³-hybridized carbons (Fsp3) is 0.600. The first-order valence-corrected chi connectivity index (χ1v) is 6.95. The maximum Gasteiger partial charge on any atom is 0.122 e. The molecule has 0 amide bonds. The number of rotatable bonds is 6. The van der Waals surface area contributed by atoms with Crippen molar-refractivity contribution >= 4 is 11.6 Å². The standard InChI is InChI=1S/C15H24ClNO/c1-10(2)13-9-15(12(5)8-14(13)16)18-7-6-17-11(3)4/h8-11,17H,6-7H2,1-5H3. The van der Waals surface area contributed by atoms with Crippen molar-refractivity contribution in [3.8, 4) is 5.75 Å². The predicted molar refractivity (Wildman–Crippen MR) is 78.9 cm³/mol. The number of nitrogens with one attached hydrogen (secondary N) is 1. The van der Waals surface area contributed by atoms with Crippen molar-refractivity contribution in [3.05, 3.63) is 28.3 Å². The van der Waals surface area contributed by atoms with Crippen molar-refractivity contribution in [2.24, 2.45) is 0 Å². The van der Waals surface area contributed by atoms with Gasteiger partial charge in [0, 0.05) is 17.6 Å². The van der Waals surface area contributed by atoms with Crippen LogP contribution in [0.25, 0.3) is 0 Å². The highest BCUT2D eigenvalue weighted by molar-refractivity contribution is 6.31. The Hall–Kier alpha value is -0.730. The zero-order chi connectivity index (χ0) is 13.7. The molecule has 0 aliphatic carbocycles. The summed E-state index contributed by atoms with van der Waals surface area (Å²) in [5, 5.41) is 4.16. The van der Waals surface area contributed by atoms with Crippen molar-refractivity contribution in [1.29, 1.82) is 0 Å². The van der Waals surface area contributed by atoms with Crippen LogP contribution in [0.3, 0.4) is 0 Å². The summed E-state index contributed by atoms with van der Waals surface area (Å²) in [6, 6.07) is 4.55. The third kappa shape index (κ3) is 4.51. The van der Waals surface area contributed by atoms with E-state index in [1.54, 1.807) is 0 Å². The Balaban J connectivity index is 2.67. The largest absolute Gasteiger partial charge is 0.492 e. The van der Waals surface area contributed by atoms with E-state index >= 15 is 0 Å². The Bertz CT molecular complexity index is 388. The maximum atomic E-state index is 6.23. The Morgan fingerprint density at radius 2 is 1.89 bits per heavy atom. The molecule has 0 aliphatic rings. The molecule has 102 valence electrons. The van der Waals surface area contributed by atoms with E-state index in [2.05, 4.69) is 39.1 Å². The molecule has 0 radical (unpaired) electrons. The highest BCUT2D eigenvalue weighted by Crippen LogP contribution is 2.31. The fourth-order valence-corrected chi connectivity index (χ4v) is 2.21. The van der Waals surface area contributed by atoms with Crippen LogP contribution in [0, 0.1) is 6.92 Å². The fourth-order valence-electron chi connectivity index (χ4n) is 1.78. The van der Waals surface area contributed by atoms with Gasteiger partial charge in [-0.05, 0) is 36.1 Å². The lowest BCUT2D eigenvalue weighted by Crippen LogP contribution is -2.27. The lowest BCUT2D eigenvalue weighted by atomic mass is 10.0. The molecule has 0 fully saturated rings. The van der Waals surface area contributed by atoms with Crippen molar-refractivity contribution in [1.82, 2.24) is 5.32 Å². The Morgan fingerprint density at radius 3 is 2.44 bits per heavy atom. The average molecular weight is 270 g/mol. The summed E-state index contributed by atoms with van der Waals surface area (Å²) >= 11 is 6.23. The minimum absolute atomic E-state index is 0.411. The lowest BCUT2D eigenvalue weighted by Gasteiger charge is -2.15. The molecule has 0 bridgehead atoms. The molecule has 0 spiro atoms. The molecule has 1 N–H and O–H groups in total.